The zero-order valence-corrected chi connectivity index (χ0v) is 16.4. The number of nitrogens with zero attached hydrogens (tertiary/aromatic N) is 1. The van der Waals surface area contributed by atoms with Crippen LogP contribution in [0.4, 0.5) is 0 Å². The van der Waals surface area contributed by atoms with Crippen molar-refractivity contribution in [1.82, 2.24) is 10.2 Å². The molecule has 0 aliphatic carbocycles. The van der Waals surface area contributed by atoms with Crippen molar-refractivity contribution in [2.24, 2.45) is 0 Å². The number of nitrogens with one attached hydrogen (secondary N) is 1. The number of thioether (sulfide) groups is 2. The van der Waals surface area contributed by atoms with Crippen molar-refractivity contribution >= 4 is 41.8 Å². The molecular formula is C17H25ClN2O2S2. The number of amides is 1. The summed E-state index contributed by atoms with van der Waals surface area (Å²) in [7, 11) is 1.87. The molecule has 2 fully saturated rings. The maximum atomic E-state index is 12.2. The van der Waals surface area contributed by atoms with Gasteiger partial charge in [-0.15, -0.1) is 35.9 Å². The van der Waals surface area contributed by atoms with Crippen LogP contribution in [0.25, 0.3) is 0 Å². The number of carbonyl (C=O) groups excluding carboxylic acids is 1. The third-order valence-corrected chi connectivity index (χ3v) is 7.33. The molecular weight excluding hydrogens is 364 g/mol. The molecule has 0 aromatic heterocycles. The van der Waals surface area contributed by atoms with E-state index in [2.05, 4.69) is 17.4 Å². The van der Waals surface area contributed by atoms with Gasteiger partial charge in [0.15, 0.2) is 6.61 Å². The van der Waals surface area contributed by atoms with Gasteiger partial charge < -0.3 is 15.0 Å². The van der Waals surface area contributed by atoms with E-state index >= 15 is 0 Å². The Hall–Kier alpha value is -0.560. The van der Waals surface area contributed by atoms with Crippen LogP contribution in [-0.2, 0) is 4.79 Å². The number of hydrogen-bond acceptors (Lipinski definition) is 5. The van der Waals surface area contributed by atoms with Gasteiger partial charge in [-0.1, -0.05) is 12.1 Å². The average Bonchev–Trinajstić information content (AvgIpc) is 3.15. The highest BCUT2D eigenvalue weighted by Crippen LogP contribution is 2.43. The summed E-state index contributed by atoms with van der Waals surface area (Å²) in [4.78, 5) is 14.0. The number of halogens is 1. The summed E-state index contributed by atoms with van der Waals surface area (Å²) < 4.78 is 6.21. The van der Waals surface area contributed by atoms with Crippen molar-refractivity contribution in [1.29, 1.82) is 0 Å². The Labute approximate surface area is 158 Å². The Morgan fingerprint density at radius 2 is 2.00 bits per heavy atom. The van der Waals surface area contributed by atoms with Gasteiger partial charge in [0.05, 0.1) is 4.58 Å². The van der Waals surface area contributed by atoms with E-state index in [-0.39, 0.29) is 24.9 Å². The van der Waals surface area contributed by atoms with Crippen LogP contribution in [0.2, 0.25) is 0 Å². The van der Waals surface area contributed by atoms with Crippen LogP contribution < -0.4 is 10.1 Å². The van der Waals surface area contributed by atoms with Crippen LogP contribution in [0, 0.1) is 0 Å². The first-order chi connectivity index (χ1) is 11.2. The van der Waals surface area contributed by atoms with E-state index in [1.54, 1.807) is 0 Å². The molecule has 1 amide bonds. The van der Waals surface area contributed by atoms with Gasteiger partial charge in [-0.25, -0.2) is 0 Å². The van der Waals surface area contributed by atoms with Crippen molar-refractivity contribution in [2.75, 3.05) is 38.2 Å². The van der Waals surface area contributed by atoms with E-state index in [0.717, 1.165) is 25.3 Å². The van der Waals surface area contributed by atoms with Crippen LogP contribution >= 0.6 is 35.9 Å². The first-order valence-electron chi connectivity index (χ1n) is 8.16. The molecule has 1 aromatic rings. The van der Waals surface area contributed by atoms with Crippen LogP contribution in [0.5, 0.6) is 5.75 Å². The Morgan fingerprint density at radius 3 is 2.62 bits per heavy atom. The summed E-state index contributed by atoms with van der Waals surface area (Å²) in [6.45, 7) is 1.98. The lowest BCUT2D eigenvalue weighted by atomic mass is 10.2. The largest absolute Gasteiger partial charge is 0.484 e. The fourth-order valence-corrected chi connectivity index (χ4v) is 5.72. The fraction of sp³-hybridized carbons (Fsp3) is 0.588. The number of benzene rings is 1. The lowest BCUT2D eigenvalue weighted by Gasteiger charge is -2.24. The number of ether oxygens (including phenoxy) is 1. The highest BCUT2D eigenvalue weighted by Gasteiger charge is 2.23. The van der Waals surface area contributed by atoms with Crippen LogP contribution in [-0.4, -0.2) is 55.1 Å². The third-order valence-electron chi connectivity index (χ3n) is 4.32. The summed E-state index contributed by atoms with van der Waals surface area (Å²) in [6.07, 6.45) is 2.33. The summed E-state index contributed by atoms with van der Waals surface area (Å²) in [5.41, 5.74) is 1.34. The zero-order valence-electron chi connectivity index (χ0n) is 13.9. The number of carbonyl (C=O) groups is 1. The monoisotopic (exact) mass is 388 g/mol. The molecule has 2 saturated heterocycles. The van der Waals surface area contributed by atoms with Gasteiger partial charge in [-0.3, -0.25) is 4.79 Å². The molecule has 1 unspecified atom stereocenters. The minimum atomic E-state index is 0. The average molecular weight is 389 g/mol. The number of likely N-dealkylation sites (N-methyl/N-ethyl adjacent to an activating group) is 1. The lowest BCUT2D eigenvalue weighted by molar-refractivity contribution is -0.133. The molecule has 4 nitrogen and oxygen atoms in total. The predicted octanol–water partition coefficient (Wildman–Crippen LogP) is 3.18. The normalized spacial score (nSPS) is 21.1. The molecule has 134 valence electrons. The molecule has 2 aliphatic heterocycles. The molecule has 2 heterocycles. The van der Waals surface area contributed by atoms with Crippen LogP contribution in [0.1, 0.15) is 23.0 Å². The summed E-state index contributed by atoms with van der Waals surface area (Å²) in [6, 6.07) is 8.51. The summed E-state index contributed by atoms with van der Waals surface area (Å²) >= 11 is 4.03. The van der Waals surface area contributed by atoms with Crippen LogP contribution in [0.15, 0.2) is 24.3 Å². The minimum Gasteiger partial charge on any atom is -0.484 e. The summed E-state index contributed by atoms with van der Waals surface area (Å²) in [5.74, 6) is 3.30. The van der Waals surface area contributed by atoms with Gasteiger partial charge in [-0.05, 0) is 48.6 Å². The fourth-order valence-electron chi connectivity index (χ4n) is 2.82. The molecule has 1 atom stereocenters. The molecule has 1 N–H and O–H groups in total. The molecule has 0 bridgehead atoms. The predicted molar refractivity (Wildman–Crippen MR) is 106 cm³/mol. The van der Waals surface area contributed by atoms with Crippen molar-refractivity contribution < 1.29 is 9.53 Å². The van der Waals surface area contributed by atoms with Gasteiger partial charge in [0, 0.05) is 19.6 Å². The molecule has 0 radical (unpaired) electrons. The second-order valence-electron chi connectivity index (χ2n) is 5.94. The maximum absolute atomic E-state index is 12.2. The zero-order chi connectivity index (χ0) is 16.1. The quantitative estimate of drug-likeness (QED) is 0.839. The maximum Gasteiger partial charge on any atom is 0.260 e. The van der Waals surface area contributed by atoms with Gasteiger partial charge in [0.2, 0.25) is 0 Å². The van der Waals surface area contributed by atoms with E-state index in [0.29, 0.717) is 10.6 Å². The molecule has 24 heavy (non-hydrogen) atoms. The molecule has 0 saturated carbocycles. The van der Waals surface area contributed by atoms with Crippen LogP contribution in [0.3, 0.4) is 0 Å². The van der Waals surface area contributed by atoms with E-state index in [1.807, 2.05) is 47.6 Å². The van der Waals surface area contributed by atoms with Crippen molar-refractivity contribution in [3.63, 3.8) is 0 Å². The number of hydrogen-bond donors (Lipinski definition) is 1. The smallest absolute Gasteiger partial charge is 0.260 e. The Balaban J connectivity index is 0.00000208. The lowest BCUT2D eigenvalue weighted by Crippen LogP contribution is -2.40. The second kappa shape index (κ2) is 9.80. The first kappa shape index (κ1) is 19.8. The van der Waals surface area contributed by atoms with E-state index in [1.165, 1.54) is 23.5 Å². The molecule has 7 heteroatoms. The van der Waals surface area contributed by atoms with Crippen molar-refractivity contribution in [2.45, 2.75) is 23.5 Å². The Kier molecular flexibility index (Phi) is 8.07. The SMILES string of the molecule is CN(C(=O)COc1ccc(C2SCCCS2)cc1)C1CCNC1.Cl. The molecule has 0 spiro atoms. The Morgan fingerprint density at radius 1 is 1.29 bits per heavy atom. The summed E-state index contributed by atoms with van der Waals surface area (Å²) in [5, 5.41) is 3.28. The molecule has 3 rings (SSSR count). The van der Waals surface area contributed by atoms with Gasteiger partial charge >= 0.3 is 0 Å². The van der Waals surface area contributed by atoms with Gasteiger partial charge in [-0.2, -0.15) is 0 Å². The van der Waals surface area contributed by atoms with E-state index in [9.17, 15) is 4.79 Å². The van der Waals surface area contributed by atoms with E-state index < -0.39 is 0 Å². The highest BCUT2D eigenvalue weighted by atomic mass is 35.5. The topological polar surface area (TPSA) is 41.6 Å². The number of rotatable bonds is 5. The van der Waals surface area contributed by atoms with E-state index in [4.69, 9.17) is 4.74 Å². The Bertz CT molecular complexity index is 518. The second-order valence-corrected chi connectivity index (χ2v) is 8.66. The highest BCUT2D eigenvalue weighted by molar-refractivity contribution is 8.16. The first-order valence-corrected chi connectivity index (χ1v) is 10.3. The van der Waals surface area contributed by atoms with Gasteiger partial charge in [0.1, 0.15) is 5.75 Å². The molecule has 2 aliphatic rings. The van der Waals surface area contributed by atoms with Crippen molar-refractivity contribution in [3.8, 4) is 5.75 Å². The molecule has 1 aromatic carbocycles. The minimum absolute atomic E-state index is 0. The van der Waals surface area contributed by atoms with Crippen molar-refractivity contribution in [3.05, 3.63) is 29.8 Å². The third kappa shape index (κ3) is 5.22. The van der Waals surface area contributed by atoms with Gasteiger partial charge in [0.25, 0.3) is 5.91 Å². The standard InChI is InChI=1S/C17H24N2O2S2.ClH/c1-19(14-7-8-18-11-14)16(20)12-21-15-5-3-13(4-6-15)17-22-9-2-10-23-17;/h3-6,14,17-18H,2,7-12H2,1H3;1H.